The van der Waals surface area contributed by atoms with Gasteiger partial charge in [-0.25, -0.2) is 0 Å². The molecule has 0 heterocycles. The van der Waals surface area contributed by atoms with Crippen LogP contribution in [0.4, 0.5) is 0 Å². The van der Waals surface area contributed by atoms with Gasteiger partial charge in [0.05, 0.1) is 0 Å². The number of aliphatic hydroxyl groups is 1. The second-order valence-electron chi connectivity index (χ2n) is 0.687. The van der Waals surface area contributed by atoms with Crippen molar-refractivity contribution in [1.82, 2.24) is 0 Å². The van der Waals surface area contributed by atoms with E-state index in [1.54, 1.807) is 0 Å². The van der Waals surface area contributed by atoms with Gasteiger partial charge in [-0.05, 0) is 0 Å². The summed E-state index contributed by atoms with van der Waals surface area (Å²) >= 11 is 0. The highest BCUT2D eigenvalue weighted by Crippen LogP contribution is 1.73. The Balaban J connectivity index is 3.85. The van der Waals surface area contributed by atoms with Gasteiger partial charge < -0.3 is 5.11 Å². The summed E-state index contributed by atoms with van der Waals surface area (Å²) in [7, 11) is -4.36. The molecule has 37 valence electrons. The number of aliphatic hydroxyl groups excluding tert-OH is 1. The van der Waals surface area contributed by atoms with E-state index in [2.05, 4.69) is 0 Å². The van der Waals surface area contributed by atoms with Crippen LogP contribution in [0.5, 0.6) is 0 Å². The third kappa shape index (κ3) is 3.87. The van der Waals surface area contributed by atoms with E-state index in [1.807, 2.05) is 0 Å². The Labute approximate surface area is 35.2 Å². The molecule has 1 radical (unpaired) electrons. The van der Waals surface area contributed by atoms with Crippen molar-refractivity contribution in [3.63, 3.8) is 0 Å². The van der Waals surface area contributed by atoms with Crippen molar-refractivity contribution in [3.8, 4) is 0 Å². The highest BCUT2D eigenvalue weighted by Gasteiger charge is 1.98. The van der Waals surface area contributed by atoms with Crippen molar-refractivity contribution in [3.05, 3.63) is 0 Å². The van der Waals surface area contributed by atoms with Crippen LogP contribution in [0.25, 0.3) is 0 Å². The first-order chi connectivity index (χ1) is 2.56. The Morgan fingerprint density at radius 2 is 1.67 bits per heavy atom. The van der Waals surface area contributed by atoms with E-state index in [0.717, 1.165) is 0 Å². The summed E-state index contributed by atoms with van der Waals surface area (Å²) in [5, 5.41) is 7.50. The first-order valence-corrected chi connectivity index (χ1v) is 2.68. The summed E-state index contributed by atoms with van der Waals surface area (Å²) in [6, 6.07) is 0. The third-order valence-electron chi connectivity index (χ3n) is 0.158. The Morgan fingerprint density at radius 1 is 1.50 bits per heavy atom. The quantitative estimate of drug-likeness (QED) is 0.456. The third-order valence-corrected chi connectivity index (χ3v) is 0.474. The first-order valence-electron chi connectivity index (χ1n) is 1.10. The zero-order valence-electron chi connectivity index (χ0n) is 2.79. The maximum absolute atomic E-state index is 9.19. The van der Waals surface area contributed by atoms with Crippen LogP contribution in [0.1, 0.15) is 0 Å². The molecule has 0 saturated carbocycles. The van der Waals surface area contributed by atoms with Gasteiger partial charge in [0.25, 0.3) is 0 Å². The number of rotatable bonds is 1. The molecule has 0 aliphatic heterocycles. The normalized spacial score (nSPS) is 11.7. The molecular formula is CH3O4S. The Hall–Kier alpha value is -0.130. The molecule has 0 aromatic carbocycles. The maximum atomic E-state index is 9.19. The van der Waals surface area contributed by atoms with E-state index in [4.69, 9.17) is 5.11 Å². The smallest absolute Gasteiger partial charge is 0.318 e. The lowest BCUT2D eigenvalue weighted by molar-refractivity contribution is 0.317. The minimum atomic E-state index is -4.36. The van der Waals surface area contributed by atoms with E-state index in [9.17, 15) is 13.0 Å². The average molecular weight is 111 g/mol. The predicted molar refractivity (Wildman–Crippen MR) is 16.7 cm³/mol. The summed E-state index contributed by atoms with van der Waals surface area (Å²) < 4.78 is 27.6. The van der Waals surface area contributed by atoms with E-state index >= 15 is 0 Å². The van der Waals surface area contributed by atoms with Crippen LogP contribution in [-0.4, -0.2) is 19.5 Å². The second-order valence-corrected chi connectivity index (χ2v) is 2.06. The Kier molecular flexibility index (Phi) is 1.51. The van der Waals surface area contributed by atoms with Crippen molar-refractivity contribution in [2.45, 2.75) is 0 Å². The van der Waals surface area contributed by atoms with Crippen molar-refractivity contribution < 1.29 is 18.1 Å². The van der Waals surface area contributed by atoms with E-state index in [-0.39, 0.29) is 0 Å². The van der Waals surface area contributed by atoms with Gasteiger partial charge in [-0.3, -0.25) is 0 Å². The van der Waals surface area contributed by atoms with Crippen molar-refractivity contribution >= 4 is 10.1 Å². The number of hydrogen-bond donors (Lipinski definition) is 1. The van der Waals surface area contributed by atoms with Crippen LogP contribution >= 0.6 is 0 Å². The largest absolute Gasteiger partial charge is 0.378 e. The van der Waals surface area contributed by atoms with Crippen molar-refractivity contribution in [1.29, 1.82) is 0 Å². The van der Waals surface area contributed by atoms with E-state index < -0.39 is 16.1 Å². The molecule has 0 amide bonds. The number of hydrogen-bond acceptors (Lipinski definition) is 3. The lowest BCUT2D eigenvalue weighted by atomic mass is 11.7. The second kappa shape index (κ2) is 1.55. The fourth-order valence-electron chi connectivity index (χ4n) is 0. The summed E-state index contributed by atoms with van der Waals surface area (Å²) in [6.07, 6.45) is 0. The summed E-state index contributed by atoms with van der Waals surface area (Å²) in [6.45, 7) is 0. The van der Waals surface area contributed by atoms with Crippen LogP contribution in [0.3, 0.4) is 0 Å². The highest BCUT2D eigenvalue weighted by molar-refractivity contribution is 7.85. The zero-order chi connectivity index (χ0) is 5.21. The van der Waals surface area contributed by atoms with Gasteiger partial charge in [-0.15, -0.1) is 0 Å². The molecule has 6 heavy (non-hydrogen) atoms. The highest BCUT2D eigenvalue weighted by atomic mass is 32.2. The molecule has 0 aliphatic rings. The molecule has 0 spiro atoms. The Morgan fingerprint density at radius 3 is 1.67 bits per heavy atom. The molecule has 0 aromatic rings. The molecule has 0 saturated heterocycles. The van der Waals surface area contributed by atoms with Crippen LogP contribution in [0, 0.1) is 0 Å². The molecule has 0 unspecified atom stereocenters. The average Bonchev–Trinajstić information content (AvgIpc) is 1.35. The minimum Gasteiger partial charge on any atom is -0.378 e. The fraction of sp³-hybridized carbons (Fsp3) is 1.00. The first kappa shape index (κ1) is 5.87. The molecule has 4 nitrogen and oxygen atoms in total. The molecule has 0 aromatic heterocycles. The molecule has 0 rings (SSSR count). The Bertz CT molecular complexity index is 110. The van der Waals surface area contributed by atoms with E-state index in [1.165, 1.54) is 0 Å². The minimum absolute atomic E-state index is 1.31. The van der Waals surface area contributed by atoms with Gasteiger partial charge in [-0.1, -0.05) is 4.55 Å². The molecule has 0 aliphatic carbocycles. The van der Waals surface area contributed by atoms with Gasteiger partial charge in [0, 0.05) is 0 Å². The fourth-order valence-corrected chi connectivity index (χ4v) is 0. The van der Waals surface area contributed by atoms with E-state index in [0.29, 0.717) is 0 Å². The van der Waals surface area contributed by atoms with Gasteiger partial charge in [0.1, 0.15) is 0 Å². The standard InChI is InChI=1S/CH3O4S/c2-1-6(3,4)5/h2H,1H2. The summed E-state index contributed by atoms with van der Waals surface area (Å²) in [5.74, 6) is -1.31. The van der Waals surface area contributed by atoms with Crippen LogP contribution in [0.2, 0.25) is 0 Å². The SMILES string of the molecule is [O]S(=O)(=O)CO. The summed E-state index contributed by atoms with van der Waals surface area (Å²) in [5.41, 5.74) is 0. The zero-order valence-corrected chi connectivity index (χ0v) is 3.60. The van der Waals surface area contributed by atoms with Gasteiger partial charge >= 0.3 is 10.1 Å². The van der Waals surface area contributed by atoms with Crippen LogP contribution in [0.15, 0.2) is 0 Å². The monoisotopic (exact) mass is 111 g/mol. The molecular weight excluding hydrogens is 108 g/mol. The van der Waals surface area contributed by atoms with Crippen LogP contribution in [-0.2, 0) is 14.7 Å². The molecule has 5 heteroatoms. The molecule has 0 atom stereocenters. The lowest BCUT2D eigenvalue weighted by Gasteiger charge is -1.75. The van der Waals surface area contributed by atoms with Crippen molar-refractivity contribution in [2.75, 3.05) is 5.94 Å². The topological polar surface area (TPSA) is 74.3 Å². The van der Waals surface area contributed by atoms with Gasteiger partial charge in [0.2, 0.25) is 0 Å². The van der Waals surface area contributed by atoms with Gasteiger partial charge in [0.15, 0.2) is 5.94 Å². The molecule has 0 bridgehead atoms. The van der Waals surface area contributed by atoms with Gasteiger partial charge in [-0.2, -0.15) is 8.42 Å². The van der Waals surface area contributed by atoms with Crippen LogP contribution < -0.4 is 0 Å². The lowest BCUT2D eigenvalue weighted by Crippen LogP contribution is -1.98. The molecule has 0 fully saturated rings. The summed E-state index contributed by atoms with van der Waals surface area (Å²) in [4.78, 5) is 0. The maximum Gasteiger partial charge on any atom is 0.318 e. The predicted octanol–water partition coefficient (Wildman–Crippen LogP) is -1.30. The van der Waals surface area contributed by atoms with Crippen molar-refractivity contribution in [2.24, 2.45) is 0 Å². The molecule has 1 N–H and O–H groups in total.